The van der Waals surface area contributed by atoms with Gasteiger partial charge in [0, 0.05) is 52.6 Å². The Morgan fingerprint density at radius 1 is 1.26 bits per heavy atom. The van der Waals surface area contributed by atoms with Crippen LogP contribution in [0.2, 0.25) is 0 Å². The predicted octanol–water partition coefficient (Wildman–Crippen LogP) is 2.49. The Balaban J connectivity index is 0.00000676. The van der Waals surface area contributed by atoms with E-state index >= 15 is 0 Å². The Morgan fingerprint density at radius 2 is 1.96 bits per heavy atom. The molecule has 1 rings (SSSR count). The van der Waals surface area contributed by atoms with Crippen molar-refractivity contribution in [2.75, 3.05) is 66.2 Å². The molecule has 0 radical (unpaired) electrons. The quantitative estimate of drug-likeness (QED) is 0.194. The first-order valence-corrected chi connectivity index (χ1v) is 9.33. The third-order valence-corrected chi connectivity index (χ3v) is 3.99. The lowest BCUT2D eigenvalue weighted by molar-refractivity contribution is -0.142. The number of likely N-dealkylation sites (N-methyl/N-ethyl adjacent to an activating group) is 1. The standard InChI is InChI=1S/C17H33F3N4O2.HI/c1-3-21-16(23-8-9-24(2)14-17(18,19)20)22-7-4-10-26-13-15-5-11-25-12-6-15;/h15H,3-14H2,1-2H3,(H2,21,22,23);1H. The van der Waals surface area contributed by atoms with E-state index in [-0.39, 0.29) is 30.5 Å². The van der Waals surface area contributed by atoms with Crippen LogP contribution in [0.3, 0.4) is 0 Å². The zero-order valence-electron chi connectivity index (χ0n) is 16.3. The number of alkyl halides is 3. The summed E-state index contributed by atoms with van der Waals surface area (Å²) in [6.45, 7) is 6.13. The van der Waals surface area contributed by atoms with Gasteiger partial charge in [-0.15, -0.1) is 24.0 Å². The second-order valence-corrected chi connectivity index (χ2v) is 6.52. The van der Waals surface area contributed by atoms with Gasteiger partial charge in [0.25, 0.3) is 0 Å². The molecule has 0 saturated carbocycles. The van der Waals surface area contributed by atoms with Crippen LogP contribution >= 0.6 is 24.0 Å². The van der Waals surface area contributed by atoms with E-state index in [1.54, 1.807) is 0 Å². The van der Waals surface area contributed by atoms with Crippen molar-refractivity contribution >= 4 is 29.9 Å². The van der Waals surface area contributed by atoms with Crippen LogP contribution in [0, 0.1) is 5.92 Å². The summed E-state index contributed by atoms with van der Waals surface area (Å²) in [6, 6.07) is 0. The Bertz CT molecular complexity index is 395. The van der Waals surface area contributed by atoms with Gasteiger partial charge in [-0.3, -0.25) is 9.89 Å². The van der Waals surface area contributed by atoms with Crippen molar-refractivity contribution in [3.05, 3.63) is 0 Å². The first-order valence-electron chi connectivity index (χ1n) is 9.33. The molecular weight excluding hydrogens is 476 g/mol. The van der Waals surface area contributed by atoms with Gasteiger partial charge in [0.1, 0.15) is 0 Å². The molecule has 1 aliphatic heterocycles. The number of guanidine groups is 1. The molecule has 0 aliphatic carbocycles. The molecule has 1 saturated heterocycles. The van der Waals surface area contributed by atoms with Crippen molar-refractivity contribution in [1.29, 1.82) is 0 Å². The van der Waals surface area contributed by atoms with Crippen LogP contribution < -0.4 is 10.6 Å². The largest absolute Gasteiger partial charge is 0.401 e. The number of halogens is 4. The van der Waals surface area contributed by atoms with E-state index in [4.69, 9.17) is 9.47 Å². The number of rotatable bonds is 11. The molecule has 1 aliphatic rings. The topological polar surface area (TPSA) is 58.1 Å². The molecule has 27 heavy (non-hydrogen) atoms. The molecule has 0 spiro atoms. The van der Waals surface area contributed by atoms with E-state index in [1.165, 1.54) is 11.9 Å². The molecule has 0 amide bonds. The smallest absolute Gasteiger partial charge is 0.381 e. The molecule has 0 aromatic rings. The van der Waals surface area contributed by atoms with Crippen molar-refractivity contribution in [3.63, 3.8) is 0 Å². The average molecular weight is 510 g/mol. The maximum Gasteiger partial charge on any atom is 0.401 e. The summed E-state index contributed by atoms with van der Waals surface area (Å²) < 4.78 is 47.9. The summed E-state index contributed by atoms with van der Waals surface area (Å²) in [6.07, 6.45) is -1.23. The molecule has 0 bridgehead atoms. The molecule has 0 unspecified atom stereocenters. The number of hydrogen-bond donors (Lipinski definition) is 2. The fourth-order valence-corrected chi connectivity index (χ4v) is 2.61. The van der Waals surface area contributed by atoms with Crippen LogP contribution in [0.4, 0.5) is 13.2 Å². The summed E-state index contributed by atoms with van der Waals surface area (Å²) in [5.74, 6) is 1.22. The van der Waals surface area contributed by atoms with E-state index < -0.39 is 12.7 Å². The lowest BCUT2D eigenvalue weighted by atomic mass is 10.0. The zero-order valence-corrected chi connectivity index (χ0v) is 18.6. The monoisotopic (exact) mass is 510 g/mol. The van der Waals surface area contributed by atoms with Crippen molar-refractivity contribution in [1.82, 2.24) is 15.5 Å². The predicted molar refractivity (Wildman–Crippen MR) is 112 cm³/mol. The second kappa shape index (κ2) is 15.6. The maximum absolute atomic E-state index is 12.3. The Hall–Kier alpha value is -0.330. The zero-order chi connectivity index (χ0) is 19.3. The van der Waals surface area contributed by atoms with Gasteiger partial charge in [-0.25, -0.2) is 0 Å². The van der Waals surface area contributed by atoms with Crippen LogP contribution in [-0.2, 0) is 9.47 Å². The molecular formula is C17H34F3IN4O2. The molecule has 162 valence electrons. The molecule has 1 heterocycles. The number of hydrogen-bond acceptors (Lipinski definition) is 4. The fourth-order valence-electron chi connectivity index (χ4n) is 2.61. The van der Waals surface area contributed by atoms with Gasteiger partial charge < -0.3 is 20.1 Å². The highest BCUT2D eigenvalue weighted by atomic mass is 127. The average Bonchev–Trinajstić information content (AvgIpc) is 2.57. The molecule has 0 aromatic heterocycles. The molecule has 2 N–H and O–H groups in total. The number of nitrogens with one attached hydrogen (secondary N) is 2. The van der Waals surface area contributed by atoms with Crippen molar-refractivity contribution in [2.24, 2.45) is 10.9 Å². The van der Waals surface area contributed by atoms with Crippen LogP contribution in [0.5, 0.6) is 0 Å². The third-order valence-electron chi connectivity index (χ3n) is 3.99. The summed E-state index contributed by atoms with van der Waals surface area (Å²) in [4.78, 5) is 5.66. The minimum atomic E-state index is -4.17. The van der Waals surface area contributed by atoms with Crippen molar-refractivity contribution in [3.8, 4) is 0 Å². The van der Waals surface area contributed by atoms with E-state index in [0.29, 0.717) is 38.1 Å². The number of ether oxygens (including phenoxy) is 2. The summed E-state index contributed by atoms with van der Waals surface area (Å²) in [5.41, 5.74) is 0. The van der Waals surface area contributed by atoms with E-state index in [0.717, 1.165) is 39.1 Å². The third kappa shape index (κ3) is 15.3. The van der Waals surface area contributed by atoms with Gasteiger partial charge in [0.15, 0.2) is 5.96 Å². The van der Waals surface area contributed by atoms with Gasteiger partial charge in [0.2, 0.25) is 0 Å². The molecule has 10 heteroatoms. The fraction of sp³-hybridized carbons (Fsp3) is 0.941. The SMILES string of the molecule is CCNC(=NCCCOCC1CCOCC1)NCCN(C)CC(F)(F)F.I. The van der Waals surface area contributed by atoms with Gasteiger partial charge in [-0.2, -0.15) is 13.2 Å². The summed E-state index contributed by atoms with van der Waals surface area (Å²) in [7, 11) is 1.45. The summed E-state index contributed by atoms with van der Waals surface area (Å²) >= 11 is 0. The first kappa shape index (κ1) is 26.7. The number of nitrogens with zero attached hydrogens (tertiary/aromatic N) is 2. The van der Waals surface area contributed by atoms with Gasteiger partial charge >= 0.3 is 6.18 Å². The van der Waals surface area contributed by atoms with Crippen molar-refractivity contribution in [2.45, 2.75) is 32.4 Å². The van der Waals surface area contributed by atoms with Gasteiger partial charge in [-0.1, -0.05) is 0 Å². The van der Waals surface area contributed by atoms with Crippen LogP contribution in [0.25, 0.3) is 0 Å². The number of aliphatic imine (C=N–C) groups is 1. The Labute approximate surface area is 177 Å². The van der Waals surface area contributed by atoms with Gasteiger partial charge in [-0.05, 0) is 39.2 Å². The lowest BCUT2D eigenvalue weighted by Gasteiger charge is -2.21. The maximum atomic E-state index is 12.3. The molecule has 1 fully saturated rings. The molecule has 0 atom stereocenters. The normalized spacial score (nSPS) is 16.3. The molecule has 6 nitrogen and oxygen atoms in total. The van der Waals surface area contributed by atoms with E-state index in [9.17, 15) is 13.2 Å². The Kier molecular flexibility index (Phi) is 15.4. The minimum Gasteiger partial charge on any atom is -0.381 e. The van der Waals surface area contributed by atoms with E-state index in [1.807, 2.05) is 6.92 Å². The summed E-state index contributed by atoms with van der Waals surface area (Å²) in [5, 5.41) is 6.15. The lowest BCUT2D eigenvalue weighted by Crippen LogP contribution is -2.42. The van der Waals surface area contributed by atoms with Gasteiger partial charge in [0.05, 0.1) is 6.54 Å². The van der Waals surface area contributed by atoms with Crippen LogP contribution in [-0.4, -0.2) is 83.2 Å². The van der Waals surface area contributed by atoms with Crippen LogP contribution in [0.15, 0.2) is 4.99 Å². The Morgan fingerprint density at radius 3 is 2.59 bits per heavy atom. The highest BCUT2D eigenvalue weighted by Crippen LogP contribution is 2.15. The van der Waals surface area contributed by atoms with Crippen LogP contribution in [0.1, 0.15) is 26.2 Å². The second-order valence-electron chi connectivity index (χ2n) is 6.52. The van der Waals surface area contributed by atoms with E-state index in [2.05, 4.69) is 15.6 Å². The minimum absolute atomic E-state index is 0. The van der Waals surface area contributed by atoms with Crippen molar-refractivity contribution < 1.29 is 22.6 Å². The highest BCUT2D eigenvalue weighted by Gasteiger charge is 2.28. The molecule has 0 aromatic carbocycles. The first-order chi connectivity index (χ1) is 12.4. The highest BCUT2D eigenvalue weighted by molar-refractivity contribution is 14.0.